The highest BCUT2D eigenvalue weighted by Gasteiger charge is 2.16. The van der Waals surface area contributed by atoms with Crippen LogP contribution in [0.2, 0.25) is 30.8 Å². The molecule has 0 unspecified atom stereocenters. The lowest BCUT2D eigenvalue weighted by Gasteiger charge is -2.15. The van der Waals surface area contributed by atoms with Crippen LogP contribution >= 0.6 is 11.6 Å². The molecule has 0 atom stereocenters. The monoisotopic (exact) mass is 364 g/mol. The van der Waals surface area contributed by atoms with E-state index in [2.05, 4.69) is 42.9 Å². The molecule has 0 aromatic carbocycles. The van der Waals surface area contributed by atoms with Crippen molar-refractivity contribution in [3.05, 3.63) is 23.0 Å². The van der Waals surface area contributed by atoms with E-state index in [1.807, 2.05) is 4.57 Å². The first-order valence-electron chi connectivity index (χ1n) is 8.27. The minimum absolute atomic E-state index is 0.378. The van der Waals surface area contributed by atoms with Crippen LogP contribution in [-0.2, 0) is 11.5 Å². The highest BCUT2D eigenvalue weighted by Crippen LogP contribution is 2.30. The quantitative estimate of drug-likeness (QED) is 0.419. The van der Waals surface area contributed by atoms with E-state index in [9.17, 15) is 5.26 Å². The van der Waals surface area contributed by atoms with Crippen LogP contribution in [0.15, 0.2) is 12.3 Å². The number of nitriles is 1. The molecule has 24 heavy (non-hydrogen) atoms. The Labute approximate surface area is 149 Å². The first-order chi connectivity index (χ1) is 11.4. The molecule has 0 saturated heterocycles. The highest BCUT2D eigenvalue weighted by atomic mass is 35.5. The molecule has 0 saturated carbocycles. The first kappa shape index (κ1) is 18.8. The van der Waals surface area contributed by atoms with Crippen molar-refractivity contribution >= 4 is 36.4 Å². The third-order valence-electron chi connectivity index (χ3n) is 3.71. The molecule has 0 fully saturated rings. The van der Waals surface area contributed by atoms with Crippen LogP contribution in [0, 0.1) is 11.3 Å². The molecule has 0 spiro atoms. The fourth-order valence-corrected chi connectivity index (χ4v) is 3.33. The van der Waals surface area contributed by atoms with E-state index in [4.69, 9.17) is 16.3 Å². The Hall–Kier alpha value is -1.55. The summed E-state index contributed by atoms with van der Waals surface area (Å²) in [5.41, 5.74) is 2.12. The zero-order valence-electron chi connectivity index (χ0n) is 14.8. The van der Waals surface area contributed by atoms with Crippen LogP contribution < -0.4 is 5.32 Å². The molecule has 0 aliphatic carbocycles. The summed E-state index contributed by atoms with van der Waals surface area (Å²) in [5.74, 6) is 0. The number of nitrogens with one attached hydrogen (secondary N) is 1. The molecule has 0 aliphatic heterocycles. The second-order valence-electron chi connectivity index (χ2n) is 7.09. The molecule has 130 valence electrons. The molecule has 0 aliphatic rings. The van der Waals surface area contributed by atoms with E-state index in [1.54, 1.807) is 12.3 Å². The molecule has 1 N–H and O–H groups in total. The number of pyridine rings is 1. The number of halogens is 1. The van der Waals surface area contributed by atoms with Gasteiger partial charge in [0.2, 0.25) is 0 Å². The predicted molar refractivity (Wildman–Crippen MR) is 102 cm³/mol. The van der Waals surface area contributed by atoms with Crippen molar-refractivity contribution in [3.63, 3.8) is 0 Å². The average molecular weight is 365 g/mol. The topological polar surface area (TPSA) is 62.9 Å². The van der Waals surface area contributed by atoms with Gasteiger partial charge in [-0.3, -0.25) is 0 Å². The number of anilines is 1. The van der Waals surface area contributed by atoms with E-state index in [0.29, 0.717) is 23.1 Å². The van der Waals surface area contributed by atoms with Gasteiger partial charge in [0.15, 0.2) is 0 Å². The summed E-state index contributed by atoms with van der Waals surface area (Å²) in [6.07, 6.45) is 2.78. The molecule has 2 heterocycles. The summed E-state index contributed by atoms with van der Waals surface area (Å²) in [7, 11) is -1.12. The second-order valence-corrected chi connectivity index (χ2v) is 13.1. The number of hydrogen-bond donors (Lipinski definition) is 1. The first-order valence-corrected chi connectivity index (χ1v) is 12.4. The Kier molecular flexibility index (Phi) is 6.27. The van der Waals surface area contributed by atoms with Crippen molar-refractivity contribution in [1.29, 1.82) is 5.26 Å². The number of rotatable bonds is 8. The molecule has 0 amide bonds. The van der Waals surface area contributed by atoms with Crippen molar-refractivity contribution in [2.75, 3.05) is 18.5 Å². The van der Waals surface area contributed by atoms with Crippen LogP contribution in [-0.4, -0.2) is 30.8 Å². The average Bonchev–Trinajstić information content (AvgIpc) is 2.86. The number of ether oxygens (including phenoxy) is 1. The summed E-state index contributed by atoms with van der Waals surface area (Å²) in [6, 6.07) is 5.13. The molecule has 5 nitrogen and oxygen atoms in total. The molecular weight excluding hydrogens is 340 g/mol. The Morgan fingerprint density at radius 2 is 2.17 bits per heavy atom. The fourth-order valence-electron chi connectivity index (χ4n) is 2.38. The minimum atomic E-state index is -1.12. The molecule has 2 aromatic heterocycles. The van der Waals surface area contributed by atoms with Gasteiger partial charge < -0.3 is 14.6 Å². The predicted octanol–water partition coefficient (Wildman–Crippen LogP) is 4.70. The second kappa shape index (κ2) is 8.02. The number of hydrogen-bond acceptors (Lipinski definition) is 4. The summed E-state index contributed by atoms with van der Waals surface area (Å²) in [4.78, 5) is 4.41. The third kappa shape index (κ3) is 4.73. The Balaban J connectivity index is 2.28. The molecule has 7 heteroatoms. The highest BCUT2D eigenvalue weighted by molar-refractivity contribution is 6.76. The number of aromatic nitrogens is 2. The molecular formula is C17H25ClN4OSi. The minimum Gasteiger partial charge on any atom is -0.384 e. The normalized spacial score (nSPS) is 11.7. The molecule has 0 radical (unpaired) electrons. The lowest BCUT2D eigenvalue weighted by molar-refractivity contribution is 0.0898. The van der Waals surface area contributed by atoms with Gasteiger partial charge in [0.1, 0.15) is 23.6 Å². The third-order valence-corrected chi connectivity index (χ3v) is 5.61. The summed E-state index contributed by atoms with van der Waals surface area (Å²) < 4.78 is 7.67. The van der Waals surface area contributed by atoms with Gasteiger partial charge in [0, 0.05) is 33.1 Å². The van der Waals surface area contributed by atoms with E-state index in [0.717, 1.165) is 36.7 Å². The van der Waals surface area contributed by atoms with Gasteiger partial charge in [0.05, 0.1) is 10.9 Å². The van der Waals surface area contributed by atoms with Gasteiger partial charge in [-0.15, -0.1) is 0 Å². The van der Waals surface area contributed by atoms with Crippen LogP contribution in [0.25, 0.3) is 11.0 Å². The summed E-state index contributed by atoms with van der Waals surface area (Å²) in [5, 5.41) is 14.0. The van der Waals surface area contributed by atoms with Crippen molar-refractivity contribution in [1.82, 2.24) is 9.55 Å². The lowest BCUT2D eigenvalue weighted by Crippen LogP contribution is -2.22. The van der Waals surface area contributed by atoms with Gasteiger partial charge in [-0.2, -0.15) is 5.26 Å². The van der Waals surface area contributed by atoms with Gasteiger partial charge in [-0.1, -0.05) is 38.2 Å². The van der Waals surface area contributed by atoms with Crippen LogP contribution in [0.5, 0.6) is 0 Å². The van der Waals surface area contributed by atoms with E-state index in [1.165, 1.54) is 0 Å². The van der Waals surface area contributed by atoms with Gasteiger partial charge >= 0.3 is 0 Å². The van der Waals surface area contributed by atoms with E-state index in [-0.39, 0.29) is 0 Å². The van der Waals surface area contributed by atoms with Crippen molar-refractivity contribution in [3.8, 4) is 6.07 Å². The summed E-state index contributed by atoms with van der Waals surface area (Å²) in [6.45, 7) is 11.0. The van der Waals surface area contributed by atoms with Crippen LogP contribution in [0.1, 0.15) is 18.9 Å². The number of fused-ring (bicyclic) bond motifs is 1. The van der Waals surface area contributed by atoms with Gasteiger partial charge in [-0.25, -0.2) is 4.98 Å². The van der Waals surface area contributed by atoms with E-state index >= 15 is 0 Å². The maximum Gasteiger partial charge on any atom is 0.147 e. The zero-order chi connectivity index (χ0) is 17.7. The maximum absolute atomic E-state index is 9.46. The van der Waals surface area contributed by atoms with Crippen LogP contribution in [0.4, 0.5) is 5.69 Å². The van der Waals surface area contributed by atoms with Crippen molar-refractivity contribution in [2.24, 2.45) is 0 Å². The van der Waals surface area contributed by atoms with E-state index < -0.39 is 8.07 Å². The molecule has 2 aromatic rings. The van der Waals surface area contributed by atoms with Crippen molar-refractivity contribution in [2.45, 2.75) is 45.8 Å². The zero-order valence-corrected chi connectivity index (χ0v) is 16.6. The Morgan fingerprint density at radius 1 is 1.42 bits per heavy atom. The SMILES string of the molecule is CCCNc1cc(Cl)nc2c1c(C#N)cn2COCC[Si](C)(C)C. The Morgan fingerprint density at radius 3 is 2.79 bits per heavy atom. The van der Waals surface area contributed by atoms with Gasteiger partial charge in [-0.05, 0) is 18.5 Å². The van der Waals surface area contributed by atoms with Crippen LogP contribution in [0.3, 0.4) is 0 Å². The Bertz CT molecular complexity index is 746. The van der Waals surface area contributed by atoms with Crippen molar-refractivity contribution < 1.29 is 4.74 Å². The molecule has 2 rings (SSSR count). The number of nitrogens with zero attached hydrogens (tertiary/aromatic N) is 3. The lowest BCUT2D eigenvalue weighted by atomic mass is 10.2. The largest absolute Gasteiger partial charge is 0.384 e. The maximum atomic E-state index is 9.46. The van der Waals surface area contributed by atoms with Gasteiger partial charge in [0.25, 0.3) is 0 Å². The molecule has 0 bridgehead atoms. The standard InChI is InChI=1S/C17H25ClN4OSi/c1-5-6-20-14-9-15(18)21-17-16(14)13(10-19)11-22(17)12-23-7-8-24(2,3)4/h9,11H,5-8,12H2,1-4H3,(H,20,21). The smallest absolute Gasteiger partial charge is 0.147 e. The fraction of sp³-hybridized carbons (Fsp3) is 0.529. The summed E-state index contributed by atoms with van der Waals surface area (Å²) >= 11 is 6.17.